The molecule has 1 aliphatic heterocycles. The normalized spacial score (nSPS) is 13.2. The molecule has 2 aromatic carbocycles. The number of rotatable bonds is 3. The summed E-state index contributed by atoms with van der Waals surface area (Å²) < 4.78 is 50.2. The Morgan fingerprint density at radius 2 is 2.00 bits per heavy atom. The molecule has 0 fully saturated rings. The Morgan fingerprint density at radius 1 is 1.26 bits per heavy atom. The lowest BCUT2D eigenvalue weighted by atomic mass is 10.1. The van der Waals surface area contributed by atoms with Crippen molar-refractivity contribution in [3.05, 3.63) is 57.6 Å². The van der Waals surface area contributed by atoms with Crippen LogP contribution in [0.2, 0.25) is 0 Å². The molecule has 0 saturated carbocycles. The maximum absolute atomic E-state index is 13.0. The molecule has 5 nitrogen and oxygen atoms in total. The van der Waals surface area contributed by atoms with Crippen LogP contribution in [0.1, 0.15) is 11.1 Å². The fraction of sp³-hybridized carbons (Fsp3) is 0.111. The summed E-state index contributed by atoms with van der Waals surface area (Å²) in [6.45, 7) is 0.0426. The maximum atomic E-state index is 13.0. The van der Waals surface area contributed by atoms with Crippen molar-refractivity contribution >= 4 is 33.6 Å². The van der Waals surface area contributed by atoms with Crippen LogP contribution in [-0.2, 0) is 11.0 Å². The highest BCUT2D eigenvalue weighted by Gasteiger charge is 2.33. The van der Waals surface area contributed by atoms with Crippen LogP contribution in [0.15, 0.2) is 46.4 Å². The number of carbonyl (C=O) groups is 1. The second-order valence-electron chi connectivity index (χ2n) is 5.40. The molecule has 0 atom stereocenters. The average Bonchev–Trinajstić information content (AvgIpc) is 3.08. The van der Waals surface area contributed by atoms with Crippen molar-refractivity contribution in [2.45, 2.75) is 6.18 Å². The van der Waals surface area contributed by atoms with Crippen LogP contribution in [0.3, 0.4) is 0 Å². The van der Waals surface area contributed by atoms with E-state index in [1.165, 1.54) is 18.2 Å². The first kappa shape index (κ1) is 18.8. The van der Waals surface area contributed by atoms with E-state index in [4.69, 9.17) is 9.47 Å². The van der Waals surface area contributed by atoms with Crippen molar-refractivity contribution in [2.24, 2.45) is 0 Å². The molecule has 1 heterocycles. The number of benzene rings is 2. The van der Waals surface area contributed by atoms with Gasteiger partial charge in [0.25, 0.3) is 5.91 Å². The SMILES string of the molecule is N#C/C(=C\c1cc(Br)c2c(c1)OCO2)C(=O)Nc1ccccc1C(F)(F)F. The van der Waals surface area contributed by atoms with Crippen LogP contribution in [-0.4, -0.2) is 12.7 Å². The Kier molecular flexibility index (Phi) is 5.10. The number of nitrogens with zero attached hydrogens (tertiary/aromatic N) is 1. The highest BCUT2D eigenvalue weighted by Crippen LogP contribution is 2.40. The fourth-order valence-corrected chi connectivity index (χ4v) is 2.99. The zero-order valence-electron chi connectivity index (χ0n) is 13.4. The number of hydrogen-bond donors (Lipinski definition) is 1. The molecule has 0 aromatic heterocycles. The van der Waals surface area contributed by atoms with E-state index >= 15 is 0 Å². The van der Waals surface area contributed by atoms with Gasteiger partial charge < -0.3 is 14.8 Å². The molecule has 0 spiro atoms. The van der Waals surface area contributed by atoms with Gasteiger partial charge in [0.15, 0.2) is 11.5 Å². The Balaban J connectivity index is 1.89. The van der Waals surface area contributed by atoms with Crippen molar-refractivity contribution in [1.82, 2.24) is 0 Å². The van der Waals surface area contributed by atoms with Crippen LogP contribution < -0.4 is 14.8 Å². The highest BCUT2D eigenvalue weighted by atomic mass is 79.9. The van der Waals surface area contributed by atoms with Gasteiger partial charge in [-0.1, -0.05) is 12.1 Å². The fourth-order valence-electron chi connectivity index (χ4n) is 2.41. The minimum atomic E-state index is -4.64. The summed E-state index contributed by atoms with van der Waals surface area (Å²) in [5.74, 6) is -0.0343. The third-order valence-electron chi connectivity index (χ3n) is 3.61. The number of halogens is 4. The lowest BCUT2D eigenvalue weighted by Crippen LogP contribution is -2.17. The number of ether oxygens (including phenoxy) is 2. The monoisotopic (exact) mass is 438 g/mol. The zero-order valence-corrected chi connectivity index (χ0v) is 15.0. The molecule has 1 amide bonds. The number of amides is 1. The molecule has 0 radical (unpaired) electrons. The van der Waals surface area contributed by atoms with Gasteiger partial charge in [0, 0.05) is 0 Å². The van der Waals surface area contributed by atoms with E-state index in [-0.39, 0.29) is 12.4 Å². The van der Waals surface area contributed by atoms with Gasteiger partial charge in [0.05, 0.1) is 15.7 Å². The number of hydrogen-bond acceptors (Lipinski definition) is 4. The number of anilines is 1. The Morgan fingerprint density at radius 3 is 2.70 bits per heavy atom. The number of alkyl halides is 3. The summed E-state index contributed by atoms with van der Waals surface area (Å²) in [6, 6.07) is 9.39. The molecule has 0 bridgehead atoms. The third-order valence-corrected chi connectivity index (χ3v) is 4.20. The second-order valence-corrected chi connectivity index (χ2v) is 6.26. The van der Waals surface area contributed by atoms with Crippen molar-refractivity contribution in [2.75, 3.05) is 12.1 Å². The minimum Gasteiger partial charge on any atom is -0.454 e. The van der Waals surface area contributed by atoms with Crippen molar-refractivity contribution in [3.8, 4) is 17.6 Å². The summed E-state index contributed by atoms with van der Waals surface area (Å²) >= 11 is 3.29. The predicted molar refractivity (Wildman–Crippen MR) is 93.9 cm³/mol. The number of nitrogens with one attached hydrogen (secondary N) is 1. The summed E-state index contributed by atoms with van der Waals surface area (Å²) in [5.41, 5.74) is -1.34. The Hall–Kier alpha value is -2.99. The minimum absolute atomic E-state index is 0.0426. The predicted octanol–water partition coefficient (Wildman–Crippen LogP) is 4.74. The van der Waals surface area contributed by atoms with E-state index in [0.717, 1.165) is 12.1 Å². The Bertz CT molecular complexity index is 981. The van der Waals surface area contributed by atoms with Gasteiger partial charge in [0.1, 0.15) is 11.6 Å². The third kappa shape index (κ3) is 4.06. The topological polar surface area (TPSA) is 71.3 Å². The molecule has 1 aliphatic rings. The van der Waals surface area contributed by atoms with Gasteiger partial charge in [0.2, 0.25) is 6.79 Å². The number of para-hydroxylation sites is 1. The zero-order chi connectivity index (χ0) is 19.6. The van der Waals surface area contributed by atoms with Crippen LogP contribution >= 0.6 is 15.9 Å². The first-order valence-electron chi connectivity index (χ1n) is 7.48. The van der Waals surface area contributed by atoms with Crippen LogP contribution in [0.25, 0.3) is 6.08 Å². The van der Waals surface area contributed by atoms with Crippen molar-refractivity contribution < 1.29 is 27.4 Å². The molecular formula is C18H10BrF3N2O3. The molecule has 0 aliphatic carbocycles. The standard InChI is InChI=1S/C18H10BrF3N2O3/c19-13-6-10(7-15-16(13)27-9-26-15)5-11(8-23)17(25)24-14-4-2-1-3-12(14)18(20,21)22/h1-7H,9H2,(H,24,25)/b11-5+. The van der Waals surface area contributed by atoms with Crippen molar-refractivity contribution in [1.29, 1.82) is 5.26 Å². The van der Waals surface area contributed by atoms with E-state index in [9.17, 15) is 23.2 Å². The molecule has 0 saturated heterocycles. The number of nitriles is 1. The summed E-state index contributed by atoms with van der Waals surface area (Å²) in [5, 5.41) is 11.4. The smallest absolute Gasteiger partial charge is 0.418 e. The average molecular weight is 439 g/mol. The lowest BCUT2D eigenvalue weighted by Gasteiger charge is -2.13. The van der Waals surface area contributed by atoms with E-state index in [0.29, 0.717) is 21.5 Å². The van der Waals surface area contributed by atoms with Crippen LogP contribution in [0.4, 0.5) is 18.9 Å². The summed E-state index contributed by atoms with van der Waals surface area (Å²) in [6.07, 6.45) is -3.39. The van der Waals surface area contributed by atoms with Crippen LogP contribution in [0, 0.1) is 11.3 Å². The van der Waals surface area contributed by atoms with Crippen LogP contribution in [0.5, 0.6) is 11.5 Å². The molecule has 3 rings (SSSR count). The van der Waals surface area contributed by atoms with E-state index in [2.05, 4.69) is 21.2 Å². The molecule has 2 aromatic rings. The first-order valence-corrected chi connectivity index (χ1v) is 8.27. The van der Waals surface area contributed by atoms with E-state index in [1.54, 1.807) is 18.2 Å². The maximum Gasteiger partial charge on any atom is 0.418 e. The summed E-state index contributed by atoms with van der Waals surface area (Å²) in [4.78, 5) is 12.3. The van der Waals surface area contributed by atoms with Crippen molar-refractivity contribution in [3.63, 3.8) is 0 Å². The molecule has 1 N–H and O–H groups in total. The van der Waals surface area contributed by atoms with Gasteiger partial charge in [-0.15, -0.1) is 0 Å². The lowest BCUT2D eigenvalue weighted by molar-refractivity contribution is -0.137. The molecule has 138 valence electrons. The molecule has 9 heteroatoms. The van der Waals surface area contributed by atoms with Gasteiger partial charge in [-0.05, 0) is 51.8 Å². The van der Waals surface area contributed by atoms with E-state index in [1.807, 2.05) is 0 Å². The highest BCUT2D eigenvalue weighted by molar-refractivity contribution is 9.10. The summed E-state index contributed by atoms with van der Waals surface area (Å²) in [7, 11) is 0. The number of carbonyl (C=O) groups excluding carboxylic acids is 1. The molecule has 0 unspecified atom stereocenters. The van der Waals surface area contributed by atoms with Gasteiger partial charge in [-0.2, -0.15) is 18.4 Å². The second kappa shape index (κ2) is 7.32. The van der Waals surface area contributed by atoms with E-state index < -0.39 is 23.3 Å². The quantitative estimate of drug-likeness (QED) is 0.554. The van der Waals surface area contributed by atoms with Gasteiger partial charge in [-0.25, -0.2) is 0 Å². The Labute approximate surface area is 160 Å². The van der Waals surface area contributed by atoms with Gasteiger partial charge >= 0.3 is 6.18 Å². The van der Waals surface area contributed by atoms with Gasteiger partial charge in [-0.3, -0.25) is 4.79 Å². The largest absolute Gasteiger partial charge is 0.454 e. The molecule has 27 heavy (non-hydrogen) atoms. The molecular weight excluding hydrogens is 429 g/mol. The number of fused-ring (bicyclic) bond motifs is 1. The first-order chi connectivity index (χ1) is 12.8.